The molecule has 0 radical (unpaired) electrons. The number of imidazole rings is 1. The molecule has 2 saturated carbocycles. The fourth-order valence-electron chi connectivity index (χ4n) is 4.46. The highest BCUT2D eigenvalue weighted by Gasteiger charge is 2.30. The van der Waals surface area contributed by atoms with Gasteiger partial charge in [-0.25, -0.2) is 4.98 Å². The van der Waals surface area contributed by atoms with Crippen molar-refractivity contribution in [1.82, 2.24) is 9.55 Å². The number of hydrogen-bond donors (Lipinski definition) is 1. The minimum atomic E-state index is 0.322. The van der Waals surface area contributed by atoms with Crippen LogP contribution in [0.15, 0.2) is 60.7 Å². The molecule has 3 aromatic rings. The van der Waals surface area contributed by atoms with Crippen LogP contribution in [0, 0.1) is 12.8 Å². The van der Waals surface area contributed by atoms with Gasteiger partial charge in [0.25, 0.3) is 0 Å². The molecule has 0 bridgehead atoms. The topological polar surface area (TPSA) is 38.0 Å². The summed E-state index contributed by atoms with van der Waals surface area (Å²) in [6.07, 6.45) is 7.71. The molecule has 2 aliphatic carbocycles. The zero-order valence-corrected chi connectivity index (χ0v) is 18.4. The first-order valence-corrected chi connectivity index (χ1v) is 11.5. The summed E-state index contributed by atoms with van der Waals surface area (Å²) in [5.41, 5.74) is 2.51. The van der Waals surface area contributed by atoms with Gasteiger partial charge in [0.15, 0.2) is 0 Å². The predicted octanol–water partition coefficient (Wildman–Crippen LogP) is 7.09. The van der Waals surface area contributed by atoms with Crippen molar-refractivity contribution in [1.29, 1.82) is 0 Å². The standard InChI is InChI=1S/C20H25ClN2.C6H6O/c1-14-19(21)23(13-15-7-8-15)20(22-14)18-11-9-17(10-12-18)16-5-3-2-4-6-16;7-6-4-2-1-3-5-6/h2-6,15,17-18H,7-13H2,1H3;1-5,7H. The number of para-hydroxylation sites is 1. The Kier molecular flexibility index (Phi) is 6.79. The molecule has 5 rings (SSSR count). The predicted molar refractivity (Wildman–Crippen MR) is 123 cm³/mol. The molecule has 2 aliphatic rings. The van der Waals surface area contributed by atoms with Gasteiger partial charge in [-0.1, -0.05) is 60.1 Å². The van der Waals surface area contributed by atoms with E-state index in [-0.39, 0.29) is 0 Å². The van der Waals surface area contributed by atoms with E-state index in [2.05, 4.69) is 34.9 Å². The van der Waals surface area contributed by atoms with Crippen LogP contribution in [0.3, 0.4) is 0 Å². The van der Waals surface area contributed by atoms with Crippen LogP contribution in [-0.4, -0.2) is 14.7 Å². The average Bonchev–Trinajstić information content (AvgIpc) is 3.57. The Labute approximate surface area is 184 Å². The van der Waals surface area contributed by atoms with E-state index in [1.54, 1.807) is 24.3 Å². The van der Waals surface area contributed by atoms with Gasteiger partial charge >= 0.3 is 0 Å². The highest BCUT2D eigenvalue weighted by atomic mass is 35.5. The van der Waals surface area contributed by atoms with Gasteiger partial charge in [0.2, 0.25) is 0 Å². The molecule has 3 nitrogen and oxygen atoms in total. The zero-order valence-electron chi connectivity index (χ0n) is 17.7. The van der Waals surface area contributed by atoms with Crippen molar-refractivity contribution in [2.75, 3.05) is 0 Å². The van der Waals surface area contributed by atoms with Crippen molar-refractivity contribution < 1.29 is 5.11 Å². The van der Waals surface area contributed by atoms with Crippen LogP contribution in [0.2, 0.25) is 5.15 Å². The molecule has 0 aliphatic heterocycles. The maximum Gasteiger partial charge on any atom is 0.131 e. The Hall–Kier alpha value is -2.26. The SMILES string of the molecule is Cc1nc(C2CCC(c3ccccc3)CC2)n(CC2CC2)c1Cl.Oc1ccccc1. The Balaban J connectivity index is 0.000000265. The van der Waals surface area contributed by atoms with Gasteiger partial charge in [-0.05, 0) is 75.0 Å². The van der Waals surface area contributed by atoms with E-state index >= 15 is 0 Å². The van der Waals surface area contributed by atoms with Gasteiger partial charge in [-0.3, -0.25) is 0 Å². The minimum absolute atomic E-state index is 0.322. The molecule has 0 spiro atoms. The van der Waals surface area contributed by atoms with Crippen molar-refractivity contribution >= 4 is 11.6 Å². The van der Waals surface area contributed by atoms with Crippen LogP contribution in [0.5, 0.6) is 5.75 Å². The normalized spacial score (nSPS) is 21.0. The summed E-state index contributed by atoms with van der Waals surface area (Å²) in [5, 5.41) is 9.50. The third-order valence-corrected chi connectivity index (χ3v) is 6.83. The molecule has 158 valence electrons. The van der Waals surface area contributed by atoms with Crippen LogP contribution in [0.1, 0.15) is 67.4 Å². The highest BCUT2D eigenvalue weighted by molar-refractivity contribution is 6.30. The number of halogens is 1. The maximum absolute atomic E-state index is 8.63. The molecule has 1 N–H and O–H groups in total. The van der Waals surface area contributed by atoms with Gasteiger partial charge in [0.1, 0.15) is 16.7 Å². The lowest BCUT2D eigenvalue weighted by atomic mass is 9.78. The zero-order chi connectivity index (χ0) is 20.9. The van der Waals surface area contributed by atoms with Crippen LogP contribution < -0.4 is 0 Å². The average molecular weight is 423 g/mol. The third-order valence-electron chi connectivity index (χ3n) is 6.35. The lowest BCUT2D eigenvalue weighted by Crippen LogP contribution is -2.17. The third kappa shape index (κ3) is 5.26. The molecule has 0 amide bonds. The smallest absolute Gasteiger partial charge is 0.131 e. The summed E-state index contributed by atoms with van der Waals surface area (Å²) in [6, 6.07) is 19.7. The van der Waals surface area contributed by atoms with Gasteiger partial charge in [0, 0.05) is 12.5 Å². The molecule has 2 fully saturated rings. The summed E-state index contributed by atoms with van der Waals surface area (Å²) >= 11 is 6.53. The number of phenolic OH excluding ortho intramolecular Hbond substituents is 1. The van der Waals surface area contributed by atoms with Crippen LogP contribution in [-0.2, 0) is 6.54 Å². The maximum atomic E-state index is 8.63. The summed E-state index contributed by atoms with van der Waals surface area (Å²) in [5.74, 6) is 3.71. The summed E-state index contributed by atoms with van der Waals surface area (Å²) in [4.78, 5) is 4.84. The molecule has 0 unspecified atom stereocenters. The summed E-state index contributed by atoms with van der Waals surface area (Å²) in [6.45, 7) is 3.12. The number of nitrogens with zero attached hydrogens (tertiary/aromatic N) is 2. The molecule has 1 heterocycles. The Bertz CT molecular complexity index is 926. The molecule has 0 atom stereocenters. The molecule has 30 heavy (non-hydrogen) atoms. The van der Waals surface area contributed by atoms with Crippen molar-refractivity contribution in [3.63, 3.8) is 0 Å². The van der Waals surface area contributed by atoms with Gasteiger partial charge in [-0.15, -0.1) is 0 Å². The largest absolute Gasteiger partial charge is 0.508 e. The molecular weight excluding hydrogens is 392 g/mol. The van der Waals surface area contributed by atoms with Gasteiger partial charge < -0.3 is 9.67 Å². The van der Waals surface area contributed by atoms with Crippen LogP contribution >= 0.6 is 11.6 Å². The second kappa shape index (κ2) is 9.70. The van der Waals surface area contributed by atoms with Crippen LogP contribution in [0.4, 0.5) is 0 Å². The van der Waals surface area contributed by atoms with E-state index in [9.17, 15) is 0 Å². The molecule has 2 aromatic carbocycles. The first-order chi connectivity index (χ1) is 14.6. The van der Waals surface area contributed by atoms with E-state index in [1.807, 2.05) is 13.0 Å². The summed E-state index contributed by atoms with van der Waals surface area (Å²) < 4.78 is 2.32. The molecule has 4 heteroatoms. The highest BCUT2D eigenvalue weighted by Crippen LogP contribution is 2.42. The fourth-order valence-corrected chi connectivity index (χ4v) is 4.65. The Morgan fingerprint density at radius 1 is 0.867 bits per heavy atom. The first kappa shape index (κ1) is 21.0. The minimum Gasteiger partial charge on any atom is -0.508 e. The van der Waals surface area contributed by atoms with E-state index in [0.29, 0.717) is 11.7 Å². The van der Waals surface area contributed by atoms with Gasteiger partial charge in [0.05, 0.1) is 5.69 Å². The van der Waals surface area contributed by atoms with Crippen molar-refractivity contribution in [3.8, 4) is 5.75 Å². The molecular formula is C26H31ClN2O. The second-order valence-electron chi connectivity index (χ2n) is 8.69. The number of rotatable bonds is 4. The number of hydrogen-bond acceptors (Lipinski definition) is 2. The van der Waals surface area contributed by atoms with Gasteiger partial charge in [-0.2, -0.15) is 0 Å². The second-order valence-corrected chi connectivity index (χ2v) is 9.05. The summed E-state index contributed by atoms with van der Waals surface area (Å²) in [7, 11) is 0. The van der Waals surface area contributed by atoms with Crippen molar-refractivity contribution in [2.24, 2.45) is 5.92 Å². The quantitative estimate of drug-likeness (QED) is 0.487. The molecule has 1 aromatic heterocycles. The number of aryl methyl sites for hydroxylation is 1. The van der Waals surface area contributed by atoms with E-state index in [4.69, 9.17) is 21.7 Å². The number of phenols is 1. The van der Waals surface area contributed by atoms with Crippen molar-refractivity contribution in [3.05, 3.63) is 82.9 Å². The van der Waals surface area contributed by atoms with Crippen molar-refractivity contribution in [2.45, 2.75) is 63.8 Å². The number of aromatic hydroxyl groups is 1. The molecule has 0 saturated heterocycles. The lowest BCUT2D eigenvalue weighted by Gasteiger charge is -2.29. The van der Waals surface area contributed by atoms with E-state index in [0.717, 1.165) is 29.2 Å². The number of aromatic nitrogens is 2. The van der Waals surface area contributed by atoms with E-state index < -0.39 is 0 Å². The number of benzene rings is 2. The monoisotopic (exact) mass is 422 g/mol. The lowest BCUT2D eigenvalue weighted by molar-refractivity contribution is 0.374. The van der Waals surface area contributed by atoms with Crippen LogP contribution in [0.25, 0.3) is 0 Å². The Morgan fingerprint density at radius 3 is 1.97 bits per heavy atom. The Morgan fingerprint density at radius 2 is 1.43 bits per heavy atom. The van der Waals surface area contributed by atoms with E-state index in [1.165, 1.54) is 49.9 Å². The first-order valence-electron chi connectivity index (χ1n) is 11.1. The fraction of sp³-hybridized carbons (Fsp3) is 0.423.